The highest BCUT2D eigenvalue weighted by molar-refractivity contribution is 7.89. The molecule has 4 N–H and O–H groups in total. The van der Waals surface area contributed by atoms with Crippen molar-refractivity contribution in [1.82, 2.24) is 4.98 Å². The number of hydrogen-bond donors (Lipinski definition) is 3. The van der Waals surface area contributed by atoms with E-state index in [1.54, 1.807) is 4.90 Å². The van der Waals surface area contributed by atoms with E-state index in [1.165, 1.54) is 18.2 Å². The molecule has 0 radical (unpaired) electrons. The van der Waals surface area contributed by atoms with Gasteiger partial charge in [0.05, 0.1) is 22.1 Å². The van der Waals surface area contributed by atoms with Gasteiger partial charge in [0.15, 0.2) is 0 Å². The van der Waals surface area contributed by atoms with E-state index < -0.39 is 33.8 Å². The number of primary sulfonamides is 1. The molecule has 1 atom stereocenters. The van der Waals surface area contributed by atoms with Gasteiger partial charge in [0.2, 0.25) is 10.0 Å². The van der Waals surface area contributed by atoms with Crippen molar-refractivity contribution in [1.29, 1.82) is 0 Å². The number of aromatic nitrogens is 1. The van der Waals surface area contributed by atoms with Crippen LogP contribution in [-0.2, 0) is 16.2 Å². The Bertz CT molecular complexity index is 1080. The summed E-state index contributed by atoms with van der Waals surface area (Å²) in [5.41, 5.74) is -1.35. The number of nitrogens with one attached hydrogen (secondary N) is 1. The number of rotatable bonds is 4. The lowest BCUT2D eigenvalue weighted by Crippen LogP contribution is -2.29. The van der Waals surface area contributed by atoms with Gasteiger partial charge in [-0.1, -0.05) is 6.07 Å². The minimum atomic E-state index is -4.71. The second-order valence-electron chi connectivity index (χ2n) is 7.19. The molecule has 12 heteroatoms. The molecule has 1 aromatic heterocycles. The maximum Gasteiger partial charge on any atom is 0.417 e. The van der Waals surface area contributed by atoms with Gasteiger partial charge in [-0.25, -0.2) is 18.5 Å². The van der Waals surface area contributed by atoms with Crippen molar-refractivity contribution in [2.24, 2.45) is 5.14 Å². The zero-order valence-corrected chi connectivity index (χ0v) is 17.1. The molecule has 1 fully saturated rings. The molecule has 1 aromatic carbocycles. The monoisotopic (exact) mass is 458 g/mol. The summed E-state index contributed by atoms with van der Waals surface area (Å²) in [6, 6.07) is 5.77. The Morgan fingerprint density at radius 3 is 2.65 bits per heavy atom. The average molecular weight is 458 g/mol. The number of carbonyl (C=O) groups is 1. The van der Waals surface area contributed by atoms with Gasteiger partial charge in [-0.3, -0.25) is 4.79 Å². The van der Waals surface area contributed by atoms with Crippen molar-refractivity contribution in [2.45, 2.75) is 36.4 Å². The third-order valence-electron chi connectivity index (χ3n) is 4.86. The summed E-state index contributed by atoms with van der Waals surface area (Å²) in [4.78, 5) is 18.2. The van der Waals surface area contributed by atoms with E-state index >= 15 is 0 Å². The number of pyridine rings is 1. The lowest BCUT2D eigenvalue weighted by atomic mass is 10.1. The van der Waals surface area contributed by atoms with Crippen molar-refractivity contribution in [3.63, 3.8) is 0 Å². The summed E-state index contributed by atoms with van der Waals surface area (Å²) in [6.45, 7) is 0.733. The SMILES string of the molecule is NS(=O)(=O)c1cccc(NC(=O)c2cc(C(F)(F)F)cnc2N2CCCC(O)CC2)c1. The molecule has 31 heavy (non-hydrogen) atoms. The van der Waals surface area contributed by atoms with Crippen molar-refractivity contribution < 1.29 is 31.5 Å². The fourth-order valence-corrected chi connectivity index (χ4v) is 3.83. The smallest absolute Gasteiger partial charge is 0.393 e. The largest absolute Gasteiger partial charge is 0.417 e. The summed E-state index contributed by atoms with van der Waals surface area (Å²) in [5.74, 6) is -0.827. The zero-order chi connectivity index (χ0) is 22.8. The minimum Gasteiger partial charge on any atom is -0.393 e. The Hall–Kier alpha value is -2.70. The number of halogens is 3. The third-order valence-corrected chi connectivity index (χ3v) is 5.77. The van der Waals surface area contributed by atoms with E-state index in [0.717, 1.165) is 6.07 Å². The first-order valence-corrected chi connectivity index (χ1v) is 10.9. The van der Waals surface area contributed by atoms with Gasteiger partial charge in [0.1, 0.15) is 5.82 Å². The van der Waals surface area contributed by atoms with Crippen LogP contribution in [0.5, 0.6) is 0 Å². The Balaban J connectivity index is 1.98. The molecule has 8 nitrogen and oxygen atoms in total. The average Bonchev–Trinajstić information content (AvgIpc) is 2.91. The summed E-state index contributed by atoms with van der Waals surface area (Å²) >= 11 is 0. The van der Waals surface area contributed by atoms with Crippen LogP contribution in [0.25, 0.3) is 0 Å². The molecular formula is C19H21F3N4O4S. The number of nitrogens with zero attached hydrogens (tertiary/aromatic N) is 2. The molecule has 0 aliphatic carbocycles. The summed E-state index contributed by atoms with van der Waals surface area (Å²) in [5, 5.41) is 17.3. The van der Waals surface area contributed by atoms with Crippen molar-refractivity contribution in [2.75, 3.05) is 23.3 Å². The number of nitrogens with two attached hydrogens (primary N) is 1. The van der Waals surface area contributed by atoms with Crippen LogP contribution >= 0.6 is 0 Å². The van der Waals surface area contributed by atoms with Crippen LogP contribution in [0.3, 0.4) is 0 Å². The molecule has 0 saturated carbocycles. The number of anilines is 2. The number of benzene rings is 1. The lowest BCUT2D eigenvalue weighted by molar-refractivity contribution is -0.137. The van der Waals surface area contributed by atoms with Crippen LogP contribution in [0.1, 0.15) is 35.2 Å². The Kier molecular flexibility index (Phi) is 6.53. The topological polar surface area (TPSA) is 126 Å². The van der Waals surface area contributed by atoms with Gasteiger partial charge in [-0.05, 0) is 43.5 Å². The quantitative estimate of drug-likeness (QED) is 0.646. The predicted molar refractivity (Wildman–Crippen MR) is 107 cm³/mol. The number of alkyl halides is 3. The maximum absolute atomic E-state index is 13.2. The minimum absolute atomic E-state index is 0.0474. The Labute approximate surface area is 176 Å². The molecule has 1 amide bonds. The summed E-state index contributed by atoms with van der Waals surface area (Å²) < 4.78 is 62.7. The van der Waals surface area contributed by atoms with Crippen LogP contribution in [0.15, 0.2) is 41.4 Å². The molecule has 0 bridgehead atoms. The van der Waals surface area contributed by atoms with Gasteiger partial charge in [0.25, 0.3) is 5.91 Å². The number of amides is 1. The zero-order valence-electron chi connectivity index (χ0n) is 16.3. The highest BCUT2D eigenvalue weighted by Crippen LogP contribution is 2.32. The number of carbonyl (C=O) groups excluding carboxylic acids is 1. The van der Waals surface area contributed by atoms with E-state index in [2.05, 4.69) is 10.3 Å². The molecule has 0 spiro atoms. The maximum atomic E-state index is 13.2. The van der Waals surface area contributed by atoms with Crippen LogP contribution in [0.4, 0.5) is 24.7 Å². The van der Waals surface area contributed by atoms with Crippen molar-refractivity contribution in [3.8, 4) is 0 Å². The Morgan fingerprint density at radius 2 is 1.97 bits per heavy atom. The first-order valence-electron chi connectivity index (χ1n) is 9.39. The van der Waals surface area contributed by atoms with E-state index in [1.807, 2.05) is 0 Å². The first kappa shape index (κ1) is 23.0. The highest BCUT2D eigenvalue weighted by atomic mass is 32.2. The van der Waals surface area contributed by atoms with E-state index in [0.29, 0.717) is 44.6 Å². The van der Waals surface area contributed by atoms with Crippen molar-refractivity contribution >= 4 is 27.4 Å². The first-order chi connectivity index (χ1) is 14.4. The second kappa shape index (κ2) is 8.81. The highest BCUT2D eigenvalue weighted by Gasteiger charge is 2.33. The normalized spacial score (nSPS) is 17.8. The van der Waals surface area contributed by atoms with E-state index in [-0.39, 0.29) is 22.0 Å². The van der Waals surface area contributed by atoms with Crippen LogP contribution in [0.2, 0.25) is 0 Å². The molecule has 1 aliphatic rings. The molecule has 1 unspecified atom stereocenters. The van der Waals surface area contributed by atoms with Crippen LogP contribution in [0, 0.1) is 0 Å². The summed E-state index contributed by atoms with van der Waals surface area (Å²) in [7, 11) is -4.03. The number of aliphatic hydroxyl groups is 1. The molecular weight excluding hydrogens is 437 g/mol. The molecule has 1 saturated heterocycles. The van der Waals surface area contributed by atoms with Crippen LogP contribution < -0.4 is 15.4 Å². The number of hydrogen-bond acceptors (Lipinski definition) is 6. The third kappa shape index (κ3) is 5.71. The predicted octanol–water partition coefficient (Wildman–Crippen LogP) is 2.35. The number of sulfonamides is 1. The molecule has 168 valence electrons. The van der Waals surface area contributed by atoms with Gasteiger partial charge in [0, 0.05) is 25.0 Å². The second-order valence-corrected chi connectivity index (χ2v) is 8.75. The van der Waals surface area contributed by atoms with Gasteiger partial charge in [-0.15, -0.1) is 0 Å². The fourth-order valence-electron chi connectivity index (χ4n) is 3.27. The lowest BCUT2D eigenvalue weighted by Gasteiger charge is -2.24. The van der Waals surface area contributed by atoms with Gasteiger partial charge in [-0.2, -0.15) is 13.2 Å². The number of aliphatic hydroxyl groups excluding tert-OH is 1. The molecule has 3 rings (SSSR count). The molecule has 2 aromatic rings. The van der Waals surface area contributed by atoms with Gasteiger partial charge >= 0.3 is 6.18 Å². The van der Waals surface area contributed by atoms with Gasteiger partial charge < -0.3 is 15.3 Å². The molecule has 2 heterocycles. The van der Waals surface area contributed by atoms with E-state index in [4.69, 9.17) is 5.14 Å². The van der Waals surface area contributed by atoms with Crippen LogP contribution in [-0.4, -0.2) is 43.6 Å². The van der Waals surface area contributed by atoms with E-state index in [9.17, 15) is 31.5 Å². The molecule has 1 aliphatic heterocycles. The summed E-state index contributed by atoms with van der Waals surface area (Å²) in [6.07, 6.45) is -3.06. The standard InChI is InChI=1S/C19H21F3N4O4S/c20-19(21,22)12-9-16(17(24-11-12)26-7-2-4-14(27)6-8-26)18(28)25-13-3-1-5-15(10-13)31(23,29)30/h1,3,5,9-11,14,27H,2,4,6-8H2,(H,25,28)(H2,23,29,30). The fraction of sp³-hybridized carbons (Fsp3) is 0.368. The van der Waals surface area contributed by atoms with Crippen molar-refractivity contribution in [3.05, 3.63) is 47.7 Å². The Morgan fingerprint density at radius 1 is 1.23 bits per heavy atom.